The third kappa shape index (κ3) is 3.48. The Balaban J connectivity index is 1.53. The Kier molecular flexibility index (Phi) is 4.59. The van der Waals surface area contributed by atoms with Crippen LogP contribution < -0.4 is 10.9 Å². The highest BCUT2D eigenvalue weighted by molar-refractivity contribution is 5.94. The molecule has 0 saturated carbocycles. The molecule has 0 fully saturated rings. The molecule has 0 aliphatic heterocycles. The Morgan fingerprint density at radius 3 is 2.52 bits per heavy atom. The Hall–Kier alpha value is -4.19. The Labute approximate surface area is 178 Å². The van der Waals surface area contributed by atoms with Crippen molar-refractivity contribution in [3.8, 4) is 5.69 Å². The first-order chi connectivity index (χ1) is 15.1. The van der Waals surface area contributed by atoms with E-state index in [2.05, 4.69) is 10.3 Å². The van der Waals surface area contributed by atoms with Crippen molar-refractivity contribution >= 4 is 33.4 Å². The van der Waals surface area contributed by atoms with Crippen LogP contribution in [0.3, 0.4) is 0 Å². The van der Waals surface area contributed by atoms with E-state index in [0.717, 1.165) is 16.3 Å². The molecule has 2 aromatic heterocycles. The van der Waals surface area contributed by atoms with E-state index >= 15 is 0 Å². The van der Waals surface area contributed by atoms with Crippen molar-refractivity contribution in [2.75, 3.05) is 5.32 Å². The average Bonchev–Trinajstić information content (AvgIpc) is 3.06. The molecule has 0 aliphatic rings. The van der Waals surface area contributed by atoms with Crippen molar-refractivity contribution in [2.45, 2.75) is 13.5 Å². The highest BCUT2D eigenvalue weighted by atomic mass is 16.2. The number of carbonyl (C=O) groups excluding carboxylic acids is 1. The summed E-state index contributed by atoms with van der Waals surface area (Å²) in [6.07, 6.45) is 1.62. The normalized spacial score (nSPS) is 11.1. The third-order valence-electron chi connectivity index (χ3n) is 5.30. The number of rotatable bonds is 4. The molecule has 3 aromatic carbocycles. The Bertz CT molecular complexity index is 1480. The van der Waals surface area contributed by atoms with Crippen LogP contribution in [-0.4, -0.2) is 20.3 Å². The maximum atomic E-state index is 13.1. The second-order valence-corrected chi connectivity index (χ2v) is 7.49. The number of aryl methyl sites for hydroxylation is 1. The maximum Gasteiger partial charge on any atom is 0.280 e. The second kappa shape index (κ2) is 7.57. The van der Waals surface area contributed by atoms with E-state index in [1.165, 1.54) is 4.68 Å². The summed E-state index contributed by atoms with van der Waals surface area (Å²) >= 11 is 0. The number of carbonyl (C=O) groups is 1. The number of hydrogen-bond acceptors (Lipinski definition) is 3. The molecule has 5 rings (SSSR count). The van der Waals surface area contributed by atoms with Crippen LogP contribution in [0, 0.1) is 6.92 Å². The summed E-state index contributed by atoms with van der Waals surface area (Å²) in [7, 11) is 0. The third-order valence-corrected chi connectivity index (χ3v) is 5.30. The number of amides is 1. The molecule has 6 heteroatoms. The van der Waals surface area contributed by atoms with E-state index in [1.54, 1.807) is 23.0 Å². The molecule has 0 unspecified atom stereocenters. The van der Waals surface area contributed by atoms with E-state index in [-0.39, 0.29) is 18.0 Å². The van der Waals surface area contributed by atoms with Crippen molar-refractivity contribution in [1.29, 1.82) is 0 Å². The molecule has 2 heterocycles. The Morgan fingerprint density at radius 1 is 0.935 bits per heavy atom. The fraction of sp³-hybridized carbons (Fsp3) is 0.0800. The number of benzene rings is 3. The van der Waals surface area contributed by atoms with Crippen molar-refractivity contribution in [3.05, 3.63) is 101 Å². The topological polar surface area (TPSA) is 68.9 Å². The molecule has 152 valence electrons. The SMILES string of the molecule is Cc1ccc(-n2c(=O)c3cccnc3n2CC(=O)Nc2ccc3ccccc3c2)cc1. The Morgan fingerprint density at radius 2 is 1.71 bits per heavy atom. The fourth-order valence-electron chi connectivity index (χ4n) is 3.78. The molecule has 0 radical (unpaired) electrons. The number of nitrogens with one attached hydrogen (secondary N) is 1. The number of hydrogen-bond donors (Lipinski definition) is 1. The van der Waals surface area contributed by atoms with Gasteiger partial charge in [0, 0.05) is 11.9 Å². The van der Waals surface area contributed by atoms with E-state index in [9.17, 15) is 9.59 Å². The van der Waals surface area contributed by atoms with Crippen LogP contribution in [-0.2, 0) is 11.3 Å². The largest absolute Gasteiger partial charge is 0.324 e. The van der Waals surface area contributed by atoms with Gasteiger partial charge in [-0.05, 0) is 54.1 Å². The first-order valence-corrected chi connectivity index (χ1v) is 10.0. The zero-order valence-electron chi connectivity index (χ0n) is 16.9. The van der Waals surface area contributed by atoms with E-state index in [0.29, 0.717) is 22.4 Å². The highest BCUT2D eigenvalue weighted by Crippen LogP contribution is 2.19. The van der Waals surface area contributed by atoms with Gasteiger partial charge in [-0.2, -0.15) is 0 Å². The lowest BCUT2D eigenvalue weighted by atomic mass is 10.1. The van der Waals surface area contributed by atoms with Crippen LogP contribution in [0.4, 0.5) is 5.69 Å². The minimum Gasteiger partial charge on any atom is -0.324 e. The van der Waals surface area contributed by atoms with Crippen LogP contribution in [0.1, 0.15) is 5.56 Å². The predicted molar refractivity (Wildman–Crippen MR) is 123 cm³/mol. The molecule has 0 spiro atoms. The van der Waals surface area contributed by atoms with Crippen LogP contribution in [0.5, 0.6) is 0 Å². The van der Waals surface area contributed by atoms with Gasteiger partial charge >= 0.3 is 0 Å². The summed E-state index contributed by atoms with van der Waals surface area (Å²) in [5.41, 5.74) is 2.75. The quantitative estimate of drug-likeness (QED) is 0.482. The van der Waals surface area contributed by atoms with Gasteiger partial charge in [0.25, 0.3) is 5.56 Å². The number of pyridine rings is 1. The van der Waals surface area contributed by atoms with Gasteiger partial charge in [-0.15, -0.1) is 0 Å². The van der Waals surface area contributed by atoms with Crippen LogP contribution in [0.15, 0.2) is 89.9 Å². The highest BCUT2D eigenvalue weighted by Gasteiger charge is 2.18. The predicted octanol–water partition coefficient (Wildman–Crippen LogP) is 4.29. The lowest BCUT2D eigenvalue weighted by molar-refractivity contribution is -0.116. The number of anilines is 1. The maximum absolute atomic E-state index is 13.1. The molecule has 31 heavy (non-hydrogen) atoms. The van der Waals surface area contributed by atoms with Crippen molar-refractivity contribution in [2.24, 2.45) is 0 Å². The molecular formula is C25H20N4O2. The average molecular weight is 408 g/mol. The van der Waals surface area contributed by atoms with Gasteiger partial charge in [0.1, 0.15) is 6.54 Å². The van der Waals surface area contributed by atoms with Gasteiger partial charge in [-0.25, -0.2) is 9.67 Å². The summed E-state index contributed by atoms with van der Waals surface area (Å²) in [6, 6.07) is 24.8. The minimum atomic E-state index is -0.237. The summed E-state index contributed by atoms with van der Waals surface area (Å²) in [4.78, 5) is 30.4. The van der Waals surface area contributed by atoms with Gasteiger partial charge in [-0.3, -0.25) is 14.3 Å². The van der Waals surface area contributed by atoms with Crippen LogP contribution >= 0.6 is 0 Å². The fourth-order valence-corrected chi connectivity index (χ4v) is 3.78. The van der Waals surface area contributed by atoms with E-state index in [1.807, 2.05) is 73.7 Å². The summed E-state index contributed by atoms with van der Waals surface area (Å²) in [6.45, 7) is 1.94. The summed E-state index contributed by atoms with van der Waals surface area (Å²) < 4.78 is 3.13. The van der Waals surface area contributed by atoms with E-state index in [4.69, 9.17) is 0 Å². The molecule has 1 N–H and O–H groups in total. The lowest BCUT2D eigenvalue weighted by Gasteiger charge is -2.13. The number of nitrogens with zero attached hydrogens (tertiary/aromatic N) is 3. The van der Waals surface area contributed by atoms with Gasteiger partial charge in [0.15, 0.2) is 5.65 Å². The second-order valence-electron chi connectivity index (χ2n) is 7.49. The van der Waals surface area contributed by atoms with Crippen molar-refractivity contribution in [3.63, 3.8) is 0 Å². The molecule has 0 atom stereocenters. The van der Waals surface area contributed by atoms with Gasteiger partial charge in [-0.1, -0.05) is 48.0 Å². The first kappa shape index (κ1) is 18.8. The zero-order chi connectivity index (χ0) is 21.4. The molecule has 1 amide bonds. The summed E-state index contributed by atoms with van der Waals surface area (Å²) in [5, 5.41) is 5.57. The molecule has 6 nitrogen and oxygen atoms in total. The molecule has 0 saturated heterocycles. The first-order valence-electron chi connectivity index (χ1n) is 10.0. The zero-order valence-corrected chi connectivity index (χ0v) is 16.9. The smallest absolute Gasteiger partial charge is 0.280 e. The van der Waals surface area contributed by atoms with Gasteiger partial charge in [0.05, 0.1) is 11.1 Å². The van der Waals surface area contributed by atoms with Gasteiger partial charge in [0.2, 0.25) is 5.91 Å². The van der Waals surface area contributed by atoms with Crippen LogP contribution in [0.2, 0.25) is 0 Å². The molecule has 0 bridgehead atoms. The molecule has 0 aliphatic carbocycles. The van der Waals surface area contributed by atoms with Crippen molar-refractivity contribution in [1.82, 2.24) is 14.3 Å². The van der Waals surface area contributed by atoms with E-state index < -0.39 is 0 Å². The minimum absolute atomic E-state index is 0.0452. The molecule has 5 aromatic rings. The lowest BCUT2D eigenvalue weighted by Crippen LogP contribution is -2.27. The molecular weight excluding hydrogens is 388 g/mol. The summed E-state index contributed by atoms with van der Waals surface area (Å²) in [5.74, 6) is -0.237. The van der Waals surface area contributed by atoms with Crippen LogP contribution in [0.25, 0.3) is 27.5 Å². The number of fused-ring (bicyclic) bond motifs is 2. The van der Waals surface area contributed by atoms with Gasteiger partial charge < -0.3 is 5.32 Å². The monoisotopic (exact) mass is 408 g/mol. The standard InChI is InChI=1S/C25H20N4O2/c1-17-8-12-21(13-9-17)29-25(31)22-7-4-14-26-24(22)28(29)16-23(30)27-20-11-10-18-5-2-3-6-19(18)15-20/h2-15H,16H2,1H3,(H,27,30). The van der Waals surface area contributed by atoms with Crippen molar-refractivity contribution < 1.29 is 4.79 Å². The number of aromatic nitrogens is 3.